The van der Waals surface area contributed by atoms with E-state index in [1.165, 1.54) is 18.3 Å². The van der Waals surface area contributed by atoms with E-state index in [1.54, 1.807) is 6.20 Å². The molecule has 10 nitrogen and oxygen atoms in total. The number of aromatic nitrogens is 7. The van der Waals surface area contributed by atoms with E-state index in [1.807, 2.05) is 42.5 Å². The summed E-state index contributed by atoms with van der Waals surface area (Å²) in [7, 11) is 0. The summed E-state index contributed by atoms with van der Waals surface area (Å²) < 4.78 is 2.09. The molecule has 2 aliphatic heterocycles. The summed E-state index contributed by atoms with van der Waals surface area (Å²) in [6, 6.07) is 26.8. The Morgan fingerprint density at radius 1 is 0.783 bits per heavy atom. The zero-order chi connectivity index (χ0) is 31.1. The molecule has 0 atom stereocenters. The molecule has 6 heterocycles. The number of nitrogen functional groups attached to an aromatic ring is 1. The highest BCUT2D eigenvalue weighted by Crippen LogP contribution is 2.41. The van der Waals surface area contributed by atoms with Gasteiger partial charge >= 0.3 is 0 Å². The molecule has 0 bridgehead atoms. The molecule has 0 amide bonds. The number of imidazole rings is 1. The normalized spacial score (nSPS) is 16.4. The van der Waals surface area contributed by atoms with Gasteiger partial charge in [-0.2, -0.15) is 4.98 Å². The van der Waals surface area contributed by atoms with Crippen molar-refractivity contribution < 1.29 is 0 Å². The van der Waals surface area contributed by atoms with Crippen LogP contribution in [0.2, 0.25) is 5.28 Å². The third-order valence-electron chi connectivity index (χ3n) is 9.41. The Balaban J connectivity index is 1.04. The van der Waals surface area contributed by atoms with Crippen LogP contribution in [0.15, 0.2) is 91.4 Å². The van der Waals surface area contributed by atoms with E-state index >= 15 is 0 Å². The first-order valence-electron chi connectivity index (χ1n) is 15.6. The SMILES string of the molecule is Nc1ncccc1-c1nc2ccc(-c3ccccc3)nc2n1-c1ccc(CN2CCC3(CCN(c4ncnc(Cl)n4)CC3)C2)cc1. The van der Waals surface area contributed by atoms with E-state index in [4.69, 9.17) is 27.3 Å². The maximum atomic E-state index is 6.35. The van der Waals surface area contributed by atoms with Crippen molar-refractivity contribution >= 4 is 34.5 Å². The van der Waals surface area contributed by atoms with Gasteiger partial charge in [0.1, 0.15) is 17.7 Å². The highest BCUT2D eigenvalue weighted by atomic mass is 35.5. The first-order chi connectivity index (χ1) is 22.5. The van der Waals surface area contributed by atoms with E-state index in [2.05, 4.69) is 70.7 Å². The van der Waals surface area contributed by atoms with Crippen molar-refractivity contribution in [3.63, 3.8) is 0 Å². The fraction of sp³-hybridized carbons (Fsp3) is 0.257. The van der Waals surface area contributed by atoms with E-state index in [0.717, 1.165) is 85.1 Å². The van der Waals surface area contributed by atoms with Gasteiger partial charge in [0.05, 0.1) is 11.3 Å². The lowest BCUT2D eigenvalue weighted by molar-refractivity contribution is 0.205. The molecule has 46 heavy (non-hydrogen) atoms. The molecule has 2 N–H and O–H groups in total. The van der Waals surface area contributed by atoms with Crippen LogP contribution in [0.5, 0.6) is 0 Å². The number of anilines is 2. The number of halogens is 1. The summed E-state index contributed by atoms with van der Waals surface area (Å²) in [4.78, 5) is 31.8. The monoisotopic (exact) mass is 628 g/mol. The van der Waals surface area contributed by atoms with Gasteiger partial charge in [-0.05, 0) is 84.8 Å². The Morgan fingerprint density at radius 3 is 2.37 bits per heavy atom. The van der Waals surface area contributed by atoms with Crippen LogP contribution >= 0.6 is 11.6 Å². The third-order valence-corrected chi connectivity index (χ3v) is 9.59. The summed E-state index contributed by atoms with van der Waals surface area (Å²) in [5.74, 6) is 1.83. The van der Waals surface area contributed by atoms with Crippen LogP contribution in [0.25, 0.3) is 39.5 Å². The minimum absolute atomic E-state index is 0.246. The van der Waals surface area contributed by atoms with Crippen LogP contribution in [-0.4, -0.2) is 65.5 Å². The molecule has 0 aliphatic carbocycles. The molecule has 0 radical (unpaired) electrons. The predicted octanol–water partition coefficient (Wildman–Crippen LogP) is 6.06. The molecule has 0 unspecified atom stereocenters. The highest BCUT2D eigenvalue weighted by Gasteiger charge is 2.40. The molecular formula is C35H33ClN10. The van der Waals surface area contributed by atoms with Gasteiger partial charge < -0.3 is 10.6 Å². The van der Waals surface area contributed by atoms with Gasteiger partial charge in [0.15, 0.2) is 11.5 Å². The van der Waals surface area contributed by atoms with Gasteiger partial charge in [-0.1, -0.05) is 42.5 Å². The van der Waals surface area contributed by atoms with E-state index < -0.39 is 0 Å². The van der Waals surface area contributed by atoms with Crippen molar-refractivity contribution in [1.29, 1.82) is 0 Å². The number of rotatable bonds is 6. The predicted molar refractivity (Wildman–Crippen MR) is 181 cm³/mol. The van der Waals surface area contributed by atoms with Crippen molar-refractivity contribution in [2.24, 2.45) is 5.41 Å². The van der Waals surface area contributed by atoms with E-state index in [-0.39, 0.29) is 5.28 Å². The molecule has 4 aromatic heterocycles. The molecule has 6 aromatic rings. The second kappa shape index (κ2) is 11.8. The second-order valence-electron chi connectivity index (χ2n) is 12.3. The molecule has 8 rings (SSSR count). The highest BCUT2D eigenvalue weighted by molar-refractivity contribution is 6.28. The molecule has 2 saturated heterocycles. The third kappa shape index (κ3) is 5.44. The van der Waals surface area contributed by atoms with Crippen LogP contribution in [0.1, 0.15) is 24.8 Å². The number of hydrogen-bond donors (Lipinski definition) is 1. The molecule has 0 saturated carbocycles. The Bertz CT molecular complexity index is 2000. The summed E-state index contributed by atoms with van der Waals surface area (Å²) in [5.41, 5.74) is 13.2. The smallest absolute Gasteiger partial charge is 0.229 e. The quantitative estimate of drug-likeness (QED) is 0.235. The second-order valence-corrected chi connectivity index (χ2v) is 12.6. The zero-order valence-corrected chi connectivity index (χ0v) is 26.1. The number of pyridine rings is 2. The summed E-state index contributed by atoms with van der Waals surface area (Å²) in [5, 5.41) is 0.246. The zero-order valence-electron chi connectivity index (χ0n) is 25.3. The van der Waals surface area contributed by atoms with Crippen molar-refractivity contribution in [2.75, 3.05) is 36.8 Å². The first kappa shape index (κ1) is 28.5. The lowest BCUT2D eigenvalue weighted by Crippen LogP contribution is -2.42. The average Bonchev–Trinajstić information content (AvgIpc) is 3.66. The van der Waals surface area contributed by atoms with Crippen molar-refractivity contribution in [1.82, 2.24) is 39.4 Å². The number of hydrogen-bond acceptors (Lipinski definition) is 9. The largest absolute Gasteiger partial charge is 0.383 e. The standard InChI is InChI=1S/C35H33ClN10/c36-33-39-23-40-34(43-33)45-19-15-35(16-20-45)14-18-44(22-35)21-24-8-10-26(11-9-24)46-31(27-7-4-17-38-30(27)37)42-29-13-12-28(41-32(29)46)25-5-2-1-3-6-25/h1-13,17,23H,14-16,18-22H2,(H2,37,38). The van der Waals surface area contributed by atoms with Gasteiger partial charge in [0.2, 0.25) is 11.2 Å². The summed E-state index contributed by atoms with van der Waals surface area (Å²) >= 11 is 6.01. The number of piperidine rings is 1. The van der Waals surface area contributed by atoms with Gasteiger partial charge in [-0.15, -0.1) is 0 Å². The molecule has 230 valence electrons. The number of nitrogens with zero attached hydrogens (tertiary/aromatic N) is 9. The number of nitrogens with two attached hydrogens (primary N) is 1. The molecule has 1 spiro atoms. The van der Waals surface area contributed by atoms with Crippen LogP contribution in [0.4, 0.5) is 11.8 Å². The van der Waals surface area contributed by atoms with Gasteiger partial charge in [-0.25, -0.2) is 24.9 Å². The lowest BCUT2D eigenvalue weighted by Gasteiger charge is -2.39. The Kier molecular flexibility index (Phi) is 7.31. The average molecular weight is 629 g/mol. The topological polar surface area (TPSA) is 115 Å². The minimum atomic E-state index is 0.246. The van der Waals surface area contributed by atoms with Crippen LogP contribution < -0.4 is 10.6 Å². The van der Waals surface area contributed by atoms with Crippen molar-refractivity contribution in [3.8, 4) is 28.3 Å². The van der Waals surface area contributed by atoms with E-state index in [0.29, 0.717) is 17.2 Å². The Hall–Kier alpha value is -4.93. The van der Waals surface area contributed by atoms with Gasteiger partial charge in [-0.3, -0.25) is 9.47 Å². The molecule has 2 aliphatic rings. The fourth-order valence-electron chi connectivity index (χ4n) is 6.94. The number of fused-ring (bicyclic) bond motifs is 1. The van der Waals surface area contributed by atoms with Crippen LogP contribution in [0.3, 0.4) is 0 Å². The van der Waals surface area contributed by atoms with E-state index in [9.17, 15) is 0 Å². The maximum absolute atomic E-state index is 6.35. The van der Waals surface area contributed by atoms with Gasteiger partial charge in [0.25, 0.3) is 0 Å². The molecule has 2 aromatic carbocycles. The van der Waals surface area contributed by atoms with Crippen LogP contribution in [-0.2, 0) is 6.54 Å². The molecular weight excluding hydrogens is 596 g/mol. The first-order valence-corrected chi connectivity index (χ1v) is 16.0. The number of likely N-dealkylation sites (tertiary alicyclic amines) is 1. The maximum Gasteiger partial charge on any atom is 0.229 e. The number of benzene rings is 2. The van der Waals surface area contributed by atoms with Crippen molar-refractivity contribution in [3.05, 3.63) is 102 Å². The molecule has 11 heteroatoms. The summed E-state index contributed by atoms with van der Waals surface area (Å²) in [6.07, 6.45) is 6.64. The fourth-order valence-corrected chi connectivity index (χ4v) is 7.06. The summed E-state index contributed by atoms with van der Waals surface area (Å²) in [6.45, 7) is 4.99. The van der Waals surface area contributed by atoms with Gasteiger partial charge in [0, 0.05) is 43.6 Å². The van der Waals surface area contributed by atoms with Crippen LogP contribution in [0, 0.1) is 5.41 Å². The van der Waals surface area contributed by atoms with Crippen molar-refractivity contribution in [2.45, 2.75) is 25.8 Å². The minimum Gasteiger partial charge on any atom is -0.383 e. The molecule has 2 fully saturated rings. The lowest BCUT2D eigenvalue weighted by atomic mass is 9.78. The Morgan fingerprint density at radius 2 is 1.59 bits per heavy atom. The Labute approximate surface area is 272 Å².